The van der Waals surface area contributed by atoms with E-state index in [1.54, 1.807) is 4.90 Å². The zero-order valence-corrected chi connectivity index (χ0v) is 11.1. The highest BCUT2D eigenvalue weighted by atomic mass is 16.5. The van der Waals surface area contributed by atoms with Crippen molar-refractivity contribution in [1.82, 2.24) is 0 Å². The third kappa shape index (κ3) is 2.48. The van der Waals surface area contributed by atoms with Gasteiger partial charge in [0.15, 0.2) is 0 Å². The van der Waals surface area contributed by atoms with E-state index in [-0.39, 0.29) is 18.6 Å². The van der Waals surface area contributed by atoms with E-state index in [0.29, 0.717) is 6.54 Å². The van der Waals surface area contributed by atoms with Gasteiger partial charge >= 0.3 is 0 Å². The molecule has 4 nitrogen and oxygen atoms in total. The normalized spacial score (nSPS) is 18.2. The maximum Gasteiger partial charge on any atom is 0.253 e. The molecule has 0 fully saturated rings. The van der Waals surface area contributed by atoms with E-state index in [9.17, 15) is 4.79 Å². The van der Waals surface area contributed by atoms with E-state index in [1.165, 1.54) is 7.11 Å². The average Bonchev–Trinajstić information content (AvgIpc) is 2.37. The Kier molecular flexibility index (Phi) is 3.87. The number of carbonyl (C=O) groups is 1. The quantitative estimate of drug-likeness (QED) is 0.824. The lowest BCUT2D eigenvalue weighted by Crippen LogP contribution is -2.44. The van der Waals surface area contributed by atoms with Crippen LogP contribution in [0.4, 0.5) is 5.69 Å². The van der Waals surface area contributed by atoms with Gasteiger partial charge in [0.25, 0.3) is 5.91 Å². The second-order valence-electron chi connectivity index (χ2n) is 4.56. The van der Waals surface area contributed by atoms with Crippen LogP contribution in [0.1, 0.15) is 18.9 Å². The van der Waals surface area contributed by atoms with E-state index >= 15 is 0 Å². The number of hydrogen-bond acceptors (Lipinski definition) is 3. The molecule has 1 aromatic rings. The van der Waals surface area contributed by atoms with E-state index < -0.39 is 0 Å². The molecule has 0 spiro atoms. The number of fused-ring (bicyclic) bond motifs is 1. The molecule has 0 bridgehead atoms. The number of benzene rings is 1. The lowest BCUT2D eigenvalue weighted by molar-refractivity contribution is -0.122. The van der Waals surface area contributed by atoms with E-state index in [2.05, 4.69) is 6.92 Å². The zero-order chi connectivity index (χ0) is 13.1. The standard InChI is InChI=1S/C14H19NO3/c1-4-11-8-15(14(16)9-17-3)12-7-10(2)5-6-13(12)18-11/h5-7,11H,4,8-9H2,1-3H3/t11-/m1/s1. The first-order chi connectivity index (χ1) is 8.65. The third-order valence-corrected chi connectivity index (χ3v) is 3.11. The van der Waals surface area contributed by atoms with Crippen LogP contribution in [0.5, 0.6) is 5.75 Å². The first-order valence-electron chi connectivity index (χ1n) is 6.22. The molecule has 98 valence electrons. The highest BCUT2D eigenvalue weighted by molar-refractivity contribution is 5.96. The second kappa shape index (κ2) is 5.40. The largest absolute Gasteiger partial charge is 0.486 e. The van der Waals surface area contributed by atoms with Crippen LogP contribution in [0.3, 0.4) is 0 Å². The van der Waals surface area contributed by atoms with Crippen LogP contribution < -0.4 is 9.64 Å². The minimum absolute atomic E-state index is 0.0221. The van der Waals surface area contributed by atoms with Gasteiger partial charge in [0.1, 0.15) is 18.5 Å². The first kappa shape index (κ1) is 12.9. The summed E-state index contributed by atoms with van der Waals surface area (Å²) in [6.45, 7) is 4.76. The zero-order valence-electron chi connectivity index (χ0n) is 11.1. The summed E-state index contributed by atoms with van der Waals surface area (Å²) >= 11 is 0. The van der Waals surface area contributed by atoms with Crippen molar-refractivity contribution >= 4 is 11.6 Å². The van der Waals surface area contributed by atoms with Gasteiger partial charge in [0.2, 0.25) is 0 Å². The smallest absolute Gasteiger partial charge is 0.253 e. The number of amides is 1. The van der Waals surface area contributed by atoms with Crippen molar-refractivity contribution in [2.75, 3.05) is 25.2 Å². The summed E-state index contributed by atoms with van der Waals surface area (Å²) < 4.78 is 10.8. The number of hydrogen-bond donors (Lipinski definition) is 0. The summed E-state index contributed by atoms with van der Waals surface area (Å²) in [5.74, 6) is 0.759. The molecule has 1 aliphatic rings. The van der Waals surface area contributed by atoms with Gasteiger partial charge in [-0.2, -0.15) is 0 Å². The molecule has 1 aromatic carbocycles. The van der Waals surface area contributed by atoms with Crippen molar-refractivity contribution in [2.24, 2.45) is 0 Å². The van der Waals surface area contributed by atoms with E-state index in [4.69, 9.17) is 9.47 Å². The molecule has 4 heteroatoms. The topological polar surface area (TPSA) is 38.8 Å². The van der Waals surface area contributed by atoms with Crippen LogP contribution in [-0.4, -0.2) is 32.3 Å². The van der Waals surface area contributed by atoms with Crippen LogP contribution in [0.2, 0.25) is 0 Å². The summed E-state index contributed by atoms with van der Waals surface area (Å²) in [6.07, 6.45) is 0.936. The maximum absolute atomic E-state index is 12.1. The third-order valence-electron chi connectivity index (χ3n) is 3.11. The fraction of sp³-hybridized carbons (Fsp3) is 0.500. The van der Waals surface area contributed by atoms with Crippen molar-refractivity contribution in [1.29, 1.82) is 0 Å². The summed E-state index contributed by atoms with van der Waals surface area (Å²) in [7, 11) is 1.53. The van der Waals surface area contributed by atoms with Crippen molar-refractivity contribution in [3.05, 3.63) is 23.8 Å². The molecular formula is C14H19NO3. The lowest BCUT2D eigenvalue weighted by atomic mass is 10.1. The Morgan fingerprint density at radius 3 is 3.00 bits per heavy atom. The fourth-order valence-electron chi connectivity index (χ4n) is 2.11. The molecule has 0 saturated carbocycles. The Balaban J connectivity index is 2.34. The molecule has 0 aliphatic carbocycles. The van der Waals surface area contributed by atoms with Gasteiger partial charge < -0.3 is 14.4 Å². The number of nitrogens with zero attached hydrogens (tertiary/aromatic N) is 1. The summed E-state index contributed by atoms with van der Waals surface area (Å²) in [5.41, 5.74) is 1.96. The van der Waals surface area contributed by atoms with Crippen molar-refractivity contribution in [2.45, 2.75) is 26.4 Å². The number of ether oxygens (including phenoxy) is 2. The average molecular weight is 249 g/mol. The van der Waals surface area contributed by atoms with Gasteiger partial charge in [-0.15, -0.1) is 0 Å². The van der Waals surface area contributed by atoms with Crippen LogP contribution >= 0.6 is 0 Å². The van der Waals surface area contributed by atoms with Gasteiger partial charge in [-0.05, 0) is 31.0 Å². The SMILES string of the molecule is CC[C@@H]1CN(C(=O)COC)c2cc(C)ccc2O1. The molecular weight excluding hydrogens is 230 g/mol. The fourth-order valence-corrected chi connectivity index (χ4v) is 2.11. The highest BCUT2D eigenvalue weighted by Crippen LogP contribution is 2.34. The molecule has 18 heavy (non-hydrogen) atoms. The van der Waals surface area contributed by atoms with Gasteiger partial charge in [-0.1, -0.05) is 13.0 Å². The number of rotatable bonds is 3. The summed E-state index contributed by atoms with van der Waals surface area (Å²) in [4.78, 5) is 13.8. The molecule has 1 amide bonds. The molecule has 0 saturated heterocycles. The van der Waals surface area contributed by atoms with E-state index in [1.807, 2.05) is 25.1 Å². The van der Waals surface area contributed by atoms with Crippen molar-refractivity contribution in [3.63, 3.8) is 0 Å². The number of carbonyl (C=O) groups excluding carboxylic acids is 1. The van der Waals surface area contributed by atoms with E-state index in [0.717, 1.165) is 23.4 Å². The van der Waals surface area contributed by atoms with Gasteiger partial charge in [-0.25, -0.2) is 0 Å². The first-order valence-corrected chi connectivity index (χ1v) is 6.22. The van der Waals surface area contributed by atoms with Crippen molar-refractivity contribution in [3.8, 4) is 5.75 Å². The second-order valence-corrected chi connectivity index (χ2v) is 4.56. The number of anilines is 1. The van der Waals surface area contributed by atoms with Crippen LogP contribution in [0, 0.1) is 6.92 Å². The maximum atomic E-state index is 12.1. The molecule has 2 rings (SSSR count). The Morgan fingerprint density at radius 1 is 1.56 bits per heavy atom. The van der Waals surface area contributed by atoms with Gasteiger partial charge in [0, 0.05) is 7.11 Å². The Labute approximate surface area is 107 Å². The highest BCUT2D eigenvalue weighted by Gasteiger charge is 2.28. The molecule has 0 radical (unpaired) electrons. The van der Waals surface area contributed by atoms with Crippen LogP contribution in [0.25, 0.3) is 0 Å². The van der Waals surface area contributed by atoms with Crippen LogP contribution in [-0.2, 0) is 9.53 Å². The molecule has 0 unspecified atom stereocenters. The Morgan fingerprint density at radius 2 is 2.33 bits per heavy atom. The Bertz CT molecular complexity index is 445. The predicted octanol–water partition coefficient (Wildman–Crippen LogP) is 2.15. The molecule has 1 atom stereocenters. The molecule has 1 heterocycles. The molecule has 0 N–H and O–H groups in total. The van der Waals surface area contributed by atoms with Gasteiger partial charge in [-0.3, -0.25) is 4.79 Å². The Hall–Kier alpha value is -1.55. The minimum atomic E-state index is -0.0221. The predicted molar refractivity (Wildman–Crippen MR) is 70.1 cm³/mol. The number of methoxy groups -OCH3 is 1. The molecule has 1 aliphatic heterocycles. The lowest BCUT2D eigenvalue weighted by Gasteiger charge is -2.34. The number of aryl methyl sites for hydroxylation is 1. The van der Waals surface area contributed by atoms with Gasteiger partial charge in [0.05, 0.1) is 12.2 Å². The van der Waals surface area contributed by atoms with Crippen molar-refractivity contribution < 1.29 is 14.3 Å². The monoisotopic (exact) mass is 249 g/mol. The summed E-state index contributed by atoms with van der Waals surface area (Å²) in [6, 6.07) is 5.91. The summed E-state index contributed by atoms with van der Waals surface area (Å²) in [5, 5.41) is 0. The molecule has 0 aromatic heterocycles. The minimum Gasteiger partial charge on any atom is -0.486 e. The van der Waals surface area contributed by atoms with Crippen LogP contribution in [0.15, 0.2) is 18.2 Å².